The highest BCUT2D eigenvalue weighted by molar-refractivity contribution is 9.10. The van der Waals surface area contributed by atoms with Crippen molar-refractivity contribution in [3.63, 3.8) is 0 Å². The Kier molecular flexibility index (Phi) is 3.38. The van der Waals surface area contributed by atoms with Crippen molar-refractivity contribution in [2.45, 2.75) is 6.10 Å². The van der Waals surface area contributed by atoms with Crippen LogP contribution in [0.5, 0.6) is 0 Å². The number of carboxylic acids is 1. The van der Waals surface area contributed by atoms with Crippen molar-refractivity contribution < 1.29 is 19.9 Å². The van der Waals surface area contributed by atoms with Crippen molar-refractivity contribution in [2.75, 3.05) is 0 Å². The SMILES string of the molecule is O=C(O)[C@H](O)c1cc(Br)cc([N+](=O)[O-])c1. The van der Waals surface area contributed by atoms with Gasteiger partial charge in [-0.05, 0) is 11.6 Å². The molecule has 0 aromatic heterocycles. The molecule has 0 aliphatic rings. The summed E-state index contributed by atoms with van der Waals surface area (Å²) in [5.41, 5.74) is -0.316. The monoisotopic (exact) mass is 275 g/mol. The summed E-state index contributed by atoms with van der Waals surface area (Å²) in [5.74, 6) is -1.46. The Balaban J connectivity index is 3.20. The maximum Gasteiger partial charge on any atom is 0.337 e. The topological polar surface area (TPSA) is 101 Å². The van der Waals surface area contributed by atoms with Gasteiger partial charge in [0.15, 0.2) is 6.10 Å². The van der Waals surface area contributed by atoms with Crippen LogP contribution in [0.15, 0.2) is 22.7 Å². The molecule has 1 aromatic rings. The lowest BCUT2D eigenvalue weighted by molar-refractivity contribution is -0.385. The molecule has 2 N–H and O–H groups in total. The number of non-ortho nitro benzene ring substituents is 1. The molecule has 0 aliphatic heterocycles. The Labute approximate surface area is 92.4 Å². The zero-order valence-electron chi connectivity index (χ0n) is 7.25. The van der Waals surface area contributed by atoms with E-state index in [1.807, 2.05) is 0 Å². The van der Waals surface area contributed by atoms with Crippen LogP contribution in [0.3, 0.4) is 0 Å². The minimum Gasteiger partial charge on any atom is -0.479 e. The predicted molar refractivity (Wildman–Crippen MR) is 53.4 cm³/mol. The van der Waals surface area contributed by atoms with Gasteiger partial charge in [-0.1, -0.05) is 15.9 Å². The minimum atomic E-state index is -1.76. The van der Waals surface area contributed by atoms with Crippen LogP contribution in [0.1, 0.15) is 11.7 Å². The second-order valence-electron chi connectivity index (χ2n) is 2.74. The van der Waals surface area contributed by atoms with E-state index in [4.69, 9.17) is 5.11 Å². The van der Waals surface area contributed by atoms with Gasteiger partial charge >= 0.3 is 5.97 Å². The molecule has 0 spiro atoms. The number of hydrogen-bond acceptors (Lipinski definition) is 4. The van der Waals surface area contributed by atoms with Crippen LogP contribution in [-0.2, 0) is 4.79 Å². The van der Waals surface area contributed by atoms with Gasteiger partial charge in [-0.3, -0.25) is 10.1 Å². The summed E-state index contributed by atoms with van der Waals surface area (Å²) in [6, 6.07) is 3.55. The Hall–Kier alpha value is -1.47. The van der Waals surface area contributed by atoms with Gasteiger partial charge in [-0.25, -0.2) is 4.79 Å². The van der Waals surface area contributed by atoms with E-state index in [2.05, 4.69) is 15.9 Å². The number of nitrogens with zero attached hydrogens (tertiary/aromatic N) is 1. The lowest BCUT2D eigenvalue weighted by Crippen LogP contribution is -2.10. The fourth-order valence-electron chi connectivity index (χ4n) is 1.00. The zero-order chi connectivity index (χ0) is 11.6. The van der Waals surface area contributed by atoms with Gasteiger partial charge in [0, 0.05) is 16.6 Å². The van der Waals surface area contributed by atoms with Crippen molar-refractivity contribution in [1.29, 1.82) is 0 Å². The molecule has 1 aromatic carbocycles. The fourth-order valence-corrected chi connectivity index (χ4v) is 1.50. The lowest BCUT2D eigenvalue weighted by Gasteiger charge is -2.05. The number of aliphatic carboxylic acids is 1. The number of aliphatic hydroxyl groups is 1. The fraction of sp³-hybridized carbons (Fsp3) is 0.125. The van der Waals surface area contributed by atoms with E-state index in [9.17, 15) is 20.0 Å². The molecule has 1 atom stereocenters. The summed E-state index contributed by atoms with van der Waals surface area (Å²) < 4.78 is 0.340. The van der Waals surface area contributed by atoms with Crippen LogP contribution in [0.2, 0.25) is 0 Å². The molecular weight excluding hydrogens is 270 g/mol. The number of nitro benzene ring substituents is 1. The molecule has 0 bridgehead atoms. The molecule has 0 saturated carbocycles. The van der Waals surface area contributed by atoms with E-state index >= 15 is 0 Å². The molecule has 80 valence electrons. The number of aliphatic hydroxyl groups excluding tert-OH is 1. The molecule has 0 amide bonds. The Morgan fingerprint density at radius 2 is 2.07 bits per heavy atom. The summed E-state index contributed by atoms with van der Waals surface area (Å²) in [4.78, 5) is 20.2. The largest absolute Gasteiger partial charge is 0.479 e. The van der Waals surface area contributed by atoms with Gasteiger partial charge in [0.05, 0.1) is 4.92 Å². The summed E-state index contributed by atoms with van der Waals surface area (Å²) in [6.45, 7) is 0. The van der Waals surface area contributed by atoms with Crippen molar-refractivity contribution in [2.24, 2.45) is 0 Å². The molecule has 0 fully saturated rings. The second kappa shape index (κ2) is 4.37. The highest BCUT2D eigenvalue weighted by atomic mass is 79.9. The normalized spacial score (nSPS) is 12.1. The van der Waals surface area contributed by atoms with Crippen molar-refractivity contribution >= 4 is 27.6 Å². The molecule has 0 unspecified atom stereocenters. The van der Waals surface area contributed by atoms with Crippen LogP contribution in [0.4, 0.5) is 5.69 Å². The van der Waals surface area contributed by atoms with E-state index < -0.39 is 17.0 Å². The molecule has 6 nitrogen and oxygen atoms in total. The van der Waals surface area contributed by atoms with Crippen LogP contribution >= 0.6 is 15.9 Å². The summed E-state index contributed by atoms with van der Waals surface area (Å²) in [7, 11) is 0. The molecular formula is C8H6BrNO5. The average Bonchev–Trinajstić information content (AvgIpc) is 2.15. The molecule has 0 radical (unpaired) electrons. The van der Waals surface area contributed by atoms with Crippen LogP contribution in [0.25, 0.3) is 0 Å². The molecule has 0 aliphatic carbocycles. The van der Waals surface area contributed by atoms with Gasteiger partial charge in [-0.2, -0.15) is 0 Å². The third-order valence-electron chi connectivity index (χ3n) is 1.67. The average molecular weight is 276 g/mol. The van der Waals surface area contributed by atoms with Crippen molar-refractivity contribution in [1.82, 2.24) is 0 Å². The molecule has 1 rings (SSSR count). The van der Waals surface area contributed by atoms with E-state index in [-0.39, 0.29) is 11.3 Å². The van der Waals surface area contributed by atoms with Crippen LogP contribution in [0, 0.1) is 10.1 Å². The standard InChI is InChI=1S/C8H6BrNO5/c9-5-1-4(7(11)8(12)13)2-6(3-5)10(14)15/h1-3,7,11H,(H,12,13)/t7-/m1/s1. The first-order chi connectivity index (χ1) is 6.91. The van der Waals surface area contributed by atoms with Crippen molar-refractivity contribution in [3.05, 3.63) is 38.3 Å². The molecule has 15 heavy (non-hydrogen) atoms. The number of carbonyl (C=O) groups is 1. The van der Waals surface area contributed by atoms with Gasteiger partial charge in [0.2, 0.25) is 0 Å². The molecule has 7 heteroatoms. The summed E-state index contributed by atoms with van der Waals surface area (Å²) in [6.07, 6.45) is -1.76. The summed E-state index contributed by atoms with van der Waals surface area (Å²) >= 11 is 2.99. The maximum atomic E-state index is 10.5. The Bertz CT molecular complexity index is 419. The first-order valence-electron chi connectivity index (χ1n) is 3.77. The number of nitro groups is 1. The predicted octanol–water partition coefficient (Wildman–Crippen LogP) is 1.48. The second-order valence-corrected chi connectivity index (χ2v) is 3.66. The smallest absolute Gasteiger partial charge is 0.337 e. The lowest BCUT2D eigenvalue weighted by atomic mass is 10.1. The van der Waals surface area contributed by atoms with E-state index in [1.165, 1.54) is 12.1 Å². The highest BCUT2D eigenvalue weighted by Gasteiger charge is 2.19. The van der Waals surface area contributed by atoms with E-state index in [1.54, 1.807) is 0 Å². The summed E-state index contributed by atoms with van der Waals surface area (Å²) in [5, 5.41) is 28.2. The maximum absolute atomic E-state index is 10.5. The number of benzene rings is 1. The minimum absolute atomic E-state index is 0.0384. The first-order valence-corrected chi connectivity index (χ1v) is 4.57. The Morgan fingerprint density at radius 1 is 1.47 bits per heavy atom. The third-order valence-corrected chi connectivity index (χ3v) is 2.12. The van der Waals surface area contributed by atoms with Crippen LogP contribution < -0.4 is 0 Å². The molecule has 0 saturated heterocycles. The quantitative estimate of drug-likeness (QED) is 0.643. The van der Waals surface area contributed by atoms with E-state index in [0.717, 1.165) is 6.07 Å². The zero-order valence-corrected chi connectivity index (χ0v) is 8.84. The number of rotatable bonds is 3. The Morgan fingerprint density at radius 3 is 2.53 bits per heavy atom. The number of hydrogen-bond donors (Lipinski definition) is 2. The van der Waals surface area contributed by atoms with Crippen LogP contribution in [-0.4, -0.2) is 21.1 Å². The highest BCUT2D eigenvalue weighted by Crippen LogP contribution is 2.25. The van der Waals surface area contributed by atoms with E-state index in [0.29, 0.717) is 4.47 Å². The van der Waals surface area contributed by atoms with Gasteiger partial charge in [0.25, 0.3) is 5.69 Å². The van der Waals surface area contributed by atoms with Gasteiger partial charge < -0.3 is 10.2 Å². The first kappa shape index (κ1) is 11.6. The number of carboxylic acid groups (broad SMARTS) is 1. The molecule has 0 heterocycles. The van der Waals surface area contributed by atoms with Gasteiger partial charge in [0.1, 0.15) is 0 Å². The van der Waals surface area contributed by atoms with Gasteiger partial charge in [-0.15, -0.1) is 0 Å². The third kappa shape index (κ3) is 2.74. The number of halogens is 1. The van der Waals surface area contributed by atoms with Crippen molar-refractivity contribution in [3.8, 4) is 0 Å².